The van der Waals surface area contributed by atoms with E-state index >= 15 is 0 Å². The number of aromatic nitrogens is 1. The number of nitrogens with one attached hydrogen (secondary N) is 1. The first-order chi connectivity index (χ1) is 6.83. The van der Waals surface area contributed by atoms with Crippen molar-refractivity contribution in [2.75, 3.05) is 0 Å². The lowest BCUT2D eigenvalue weighted by atomic mass is 10.0. The molecule has 14 heavy (non-hydrogen) atoms. The fourth-order valence-corrected chi connectivity index (χ4v) is 1.81. The molecule has 72 valence electrons. The summed E-state index contributed by atoms with van der Waals surface area (Å²) in [5.41, 5.74) is 5.30. The van der Waals surface area contributed by atoms with E-state index in [0.717, 1.165) is 6.42 Å². The zero-order valence-electron chi connectivity index (χ0n) is 8.67. The minimum Gasteiger partial charge on any atom is -0.361 e. The van der Waals surface area contributed by atoms with Crippen LogP contribution in [-0.2, 0) is 6.42 Å². The quantitative estimate of drug-likeness (QED) is 0.736. The Bertz CT molecular complexity index is 426. The van der Waals surface area contributed by atoms with Crippen LogP contribution in [0.5, 0.6) is 0 Å². The monoisotopic (exact) mass is 185 g/mol. The number of rotatable bonds is 2. The Morgan fingerprint density at radius 1 is 1.14 bits per heavy atom. The topological polar surface area (TPSA) is 15.8 Å². The molecule has 2 rings (SSSR count). The molecule has 0 atom stereocenters. The van der Waals surface area contributed by atoms with Gasteiger partial charge in [-0.05, 0) is 30.5 Å². The Morgan fingerprint density at radius 2 is 1.93 bits per heavy atom. The molecule has 0 bridgehead atoms. The molecule has 2 aromatic rings. The third-order valence-electron chi connectivity index (χ3n) is 2.62. The minimum absolute atomic E-state index is 1.08. The second-order valence-corrected chi connectivity index (χ2v) is 3.55. The zero-order chi connectivity index (χ0) is 9.97. The summed E-state index contributed by atoms with van der Waals surface area (Å²) in [6.07, 6.45) is 3.08. The van der Waals surface area contributed by atoms with E-state index in [-0.39, 0.29) is 0 Å². The van der Waals surface area contributed by atoms with Gasteiger partial charge < -0.3 is 4.98 Å². The molecule has 1 nitrogen and oxygen atoms in total. The van der Waals surface area contributed by atoms with Crippen LogP contribution in [-0.4, -0.2) is 4.98 Å². The van der Waals surface area contributed by atoms with E-state index in [9.17, 15) is 0 Å². The maximum absolute atomic E-state index is 3.30. The molecule has 0 unspecified atom stereocenters. The summed E-state index contributed by atoms with van der Waals surface area (Å²) in [6.45, 7) is 4.33. The van der Waals surface area contributed by atoms with Gasteiger partial charge >= 0.3 is 0 Å². The molecule has 1 aromatic carbocycles. The highest BCUT2D eigenvalue weighted by molar-refractivity contribution is 5.67. The molecule has 0 fully saturated rings. The van der Waals surface area contributed by atoms with Crippen molar-refractivity contribution >= 4 is 0 Å². The number of aromatic amines is 1. The number of aryl methyl sites for hydroxylation is 2. The number of H-pyrrole nitrogens is 1. The normalized spacial score (nSPS) is 10.4. The zero-order valence-corrected chi connectivity index (χ0v) is 8.67. The fourth-order valence-electron chi connectivity index (χ4n) is 1.81. The third-order valence-corrected chi connectivity index (χ3v) is 2.62. The molecule has 0 amide bonds. The summed E-state index contributed by atoms with van der Waals surface area (Å²) in [5, 5.41) is 0. The summed E-state index contributed by atoms with van der Waals surface area (Å²) in [5.74, 6) is 0. The van der Waals surface area contributed by atoms with Crippen LogP contribution in [0.1, 0.15) is 18.1 Å². The first kappa shape index (κ1) is 9.07. The van der Waals surface area contributed by atoms with Crippen molar-refractivity contribution in [3.63, 3.8) is 0 Å². The van der Waals surface area contributed by atoms with Crippen LogP contribution in [0, 0.1) is 6.92 Å². The van der Waals surface area contributed by atoms with Gasteiger partial charge in [0, 0.05) is 17.5 Å². The van der Waals surface area contributed by atoms with Gasteiger partial charge in [-0.15, -0.1) is 0 Å². The largest absolute Gasteiger partial charge is 0.361 e. The van der Waals surface area contributed by atoms with Crippen LogP contribution in [0.3, 0.4) is 0 Å². The van der Waals surface area contributed by atoms with E-state index < -0.39 is 0 Å². The summed E-state index contributed by atoms with van der Waals surface area (Å²) in [4.78, 5) is 3.30. The van der Waals surface area contributed by atoms with E-state index in [2.05, 4.69) is 49.2 Å². The van der Waals surface area contributed by atoms with E-state index in [4.69, 9.17) is 0 Å². The molecule has 0 spiro atoms. The van der Waals surface area contributed by atoms with Crippen molar-refractivity contribution < 1.29 is 0 Å². The van der Waals surface area contributed by atoms with Crippen molar-refractivity contribution in [3.05, 3.63) is 47.7 Å². The molecule has 0 aliphatic rings. The maximum atomic E-state index is 3.30. The van der Waals surface area contributed by atoms with Crippen molar-refractivity contribution in [1.29, 1.82) is 0 Å². The highest BCUT2D eigenvalue weighted by Gasteiger charge is 2.05. The Morgan fingerprint density at radius 3 is 2.57 bits per heavy atom. The SMILES string of the molecule is CCc1ccccc1-c1[nH]ccc1C. The minimum atomic E-state index is 1.08. The van der Waals surface area contributed by atoms with Crippen LogP contribution >= 0.6 is 0 Å². The highest BCUT2D eigenvalue weighted by atomic mass is 14.7. The number of hydrogen-bond acceptors (Lipinski definition) is 0. The van der Waals surface area contributed by atoms with Gasteiger partial charge in [-0.2, -0.15) is 0 Å². The van der Waals surface area contributed by atoms with Crippen molar-refractivity contribution in [1.82, 2.24) is 4.98 Å². The number of benzene rings is 1. The average molecular weight is 185 g/mol. The van der Waals surface area contributed by atoms with Crippen LogP contribution in [0.4, 0.5) is 0 Å². The van der Waals surface area contributed by atoms with E-state index in [0.29, 0.717) is 0 Å². The fraction of sp³-hybridized carbons (Fsp3) is 0.231. The summed E-state index contributed by atoms with van der Waals surface area (Å²) < 4.78 is 0. The van der Waals surface area contributed by atoms with Crippen molar-refractivity contribution in [3.8, 4) is 11.3 Å². The highest BCUT2D eigenvalue weighted by Crippen LogP contribution is 2.25. The van der Waals surface area contributed by atoms with Crippen LogP contribution in [0.25, 0.3) is 11.3 Å². The second kappa shape index (κ2) is 3.70. The van der Waals surface area contributed by atoms with Crippen LogP contribution < -0.4 is 0 Å². The van der Waals surface area contributed by atoms with E-state index in [1.165, 1.54) is 22.4 Å². The molecule has 0 aliphatic heterocycles. The first-order valence-electron chi connectivity index (χ1n) is 5.05. The van der Waals surface area contributed by atoms with Gasteiger partial charge in [-0.3, -0.25) is 0 Å². The van der Waals surface area contributed by atoms with Gasteiger partial charge in [0.1, 0.15) is 0 Å². The molecule has 1 N–H and O–H groups in total. The Kier molecular flexibility index (Phi) is 2.40. The molecule has 1 aromatic heterocycles. The van der Waals surface area contributed by atoms with Crippen molar-refractivity contribution in [2.45, 2.75) is 20.3 Å². The Labute approximate surface area is 84.8 Å². The number of hydrogen-bond donors (Lipinski definition) is 1. The average Bonchev–Trinajstić information content (AvgIpc) is 2.64. The third kappa shape index (κ3) is 1.46. The summed E-state index contributed by atoms with van der Waals surface area (Å²) in [7, 11) is 0. The van der Waals surface area contributed by atoms with Crippen molar-refractivity contribution in [2.24, 2.45) is 0 Å². The predicted octanol–water partition coefficient (Wildman–Crippen LogP) is 3.55. The van der Waals surface area contributed by atoms with Gasteiger partial charge in [0.15, 0.2) is 0 Å². The molecule has 0 saturated heterocycles. The molecular weight excluding hydrogens is 170 g/mol. The van der Waals surface area contributed by atoms with Gasteiger partial charge in [-0.1, -0.05) is 31.2 Å². The van der Waals surface area contributed by atoms with Gasteiger partial charge in [0.25, 0.3) is 0 Å². The maximum Gasteiger partial charge on any atom is 0.0486 e. The van der Waals surface area contributed by atoms with Gasteiger partial charge in [0.05, 0.1) is 0 Å². The lowest BCUT2D eigenvalue weighted by Gasteiger charge is -2.06. The molecule has 1 heteroatoms. The molecular formula is C13H15N. The van der Waals surface area contributed by atoms with Crippen LogP contribution in [0.2, 0.25) is 0 Å². The lowest BCUT2D eigenvalue weighted by molar-refractivity contribution is 1.14. The van der Waals surface area contributed by atoms with E-state index in [1.54, 1.807) is 0 Å². The molecule has 0 saturated carbocycles. The second-order valence-electron chi connectivity index (χ2n) is 3.55. The van der Waals surface area contributed by atoms with Crippen LogP contribution in [0.15, 0.2) is 36.5 Å². The smallest absolute Gasteiger partial charge is 0.0486 e. The molecule has 0 aliphatic carbocycles. The molecule has 0 radical (unpaired) electrons. The van der Waals surface area contributed by atoms with Gasteiger partial charge in [0.2, 0.25) is 0 Å². The standard InChI is InChI=1S/C13H15N/c1-3-11-6-4-5-7-12(11)13-10(2)8-9-14-13/h4-9,14H,3H2,1-2H3. The Balaban J connectivity index is 2.56. The summed E-state index contributed by atoms with van der Waals surface area (Å²) >= 11 is 0. The molecule has 1 heterocycles. The Hall–Kier alpha value is -1.50. The van der Waals surface area contributed by atoms with Gasteiger partial charge in [-0.25, -0.2) is 0 Å². The predicted molar refractivity (Wildman–Crippen MR) is 60.3 cm³/mol. The lowest BCUT2D eigenvalue weighted by Crippen LogP contribution is -1.88. The van der Waals surface area contributed by atoms with E-state index in [1.807, 2.05) is 6.20 Å². The summed E-state index contributed by atoms with van der Waals surface area (Å²) in [6, 6.07) is 10.7. The first-order valence-corrected chi connectivity index (χ1v) is 5.05.